The van der Waals surface area contributed by atoms with Crippen molar-refractivity contribution < 1.29 is 9.53 Å². The lowest BCUT2D eigenvalue weighted by Gasteiger charge is -2.12. The first-order chi connectivity index (χ1) is 10.2. The molecule has 1 aromatic carbocycles. The van der Waals surface area contributed by atoms with E-state index in [1.165, 1.54) is 0 Å². The van der Waals surface area contributed by atoms with Crippen molar-refractivity contribution in [3.63, 3.8) is 0 Å². The van der Waals surface area contributed by atoms with Gasteiger partial charge in [0.15, 0.2) is 0 Å². The summed E-state index contributed by atoms with van der Waals surface area (Å²) in [5.41, 5.74) is 3.13. The monoisotopic (exact) mass is 285 g/mol. The predicted molar refractivity (Wildman–Crippen MR) is 79.4 cm³/mol. The topological polar surface area (TPSA) is 67.0 Å². The number of carbonyl (C=O) groups is 1. The summed E-state index contributed by atoms with van der Waals surface area (Å²) < 4.78 is 5.56. The summed E-state index contributed by atoms with van der Waals surface area (Å²) in [5.74, 6) is -0.0167. The van der Waals surface area contributed by atoms with Crippen molar-refractivity contribution >= 4 is 5.91 Å². The van der Waals surface area contributed by atoms with Gasteiger partial charge in [0.05, 0.1) is 11.8 Å². The maximum Gasteiger partial charge on any atom is 0.249 e. The Morgan fingerprint density at radius 1 is 1.33 bits per heavy atom. The molecule has 1 saturated heterocycles. The Kier molecular flexibility index (Phi) is 4.01. The van der Waals surface area contributed by atoms with Gasteiger partial charge in [0.2, 0.25) is 5.91 Å². The van der Waals surface area contributed by atoms with E-state index in [9.17, 15) is 4.79 Å². The number of aromatic amines is 1. The Bertz CT molecular complexity index is 592. The molecule has 2 N–H and O–H groups in total. The zero-order valence-corrected chi connectivity index (χ0v) is 12.0. The summed E-state index contributed by atoms with van der Waals surface area (Å²) in [6, 6.07) is 9.98. The van der Waals surface area contributed by atoms with Crippen molar-refractivity contribution in [3.05, 3.63) is 42.1 Å². The molecule has 1 amide bonds. The van der Waals surface area contributed by atoms with Gasteiger partial charge in [-0.25, -0.2) is 0 Å². The highest BCUT2D eigenvalue weighted by Gasteiger charge is 2.27. The third-order valence-corrected chi connectivity index (χ3v) is 3.76. The van der Waals surface area contributed by atoms with Crippen LogP contribution in [0, 0.1) is 0 Å². The Morgan fingerprint density at radius 2 is 2.14 bits per heavy atom. The number of ether oxygens (including phenoxy) is 1. The van der Waals surface area contributed by atoms with E-state index < -0.39 is 0 Å². The number of nitrogens with one attached hydrogen (secondary N) is 2. The van der Waals surface area contributed by atoms with Crippen LogP contribution in [0.25, 0.3) is 11.3 Å². The molecule has 3 rings (SSSR count). The molecule has 0 saturated carbocycles. The first-order valence-corrected chi connectivity index (χ1v) is 7.24. The van der Waals surface area contributed by atoms with Gasteiger partial charge in [-0.3, -0.25) is 9.89 Å². The highest BCUT2D eigenvalue weighted by atomic mass is 16.5. The summed E-state index contributed by atoms with van der Waals surface area (Å²) >= 11 is 0. The second kappa shape index (κ2) is 6.10. The first-order valence-electron chi connectivity index (χ1n) is 7.24. The third kappa shape index (κ3) is 3.31. The summed E-state index contributed by atoms with van der Waals surface area (Å²) in [6.45, 7) is 2.53. The molecule has 1 aromatic heterocycles. The number of hydrogen-bond donors (Lipinski definition) is 2. The van der Waals surface area contributed by atoms with E-state index in [4.69, 9.17) is 4.74 Å². The zero-order valence-electron chi connectivity index (χ0n) is 12.0. The maximum atomic E-state index is 12.0. The van der Waals surface area contributed by atoms with Crippen molar-refractivity contribution in [3.8, 4) is 11.3 Å². The molecule has 0 spiro atoms. The molecule has 5 nitrogen and oxygen atoms in total. The van der Waals surface area contributed by atoms with Crippen molar-refractivity contribution in [2.24, 2.45) is 0 Å². The number of carbonyl (C=O) groups excluding carboxylic acids is 1. The molecule has 2 atom stereocenters. The quantitative estimate of drug-likeness (QED) is 0.905. The van der Waals surface area contributed by atoms with Crippen LogP contribution in [0.1, 0.15) is 25.3 Å². The molecule has 2 heterocycles. The smallest absolute Gasteiger partial charge is 0.249 e. The van der Waals surface area contributed by atoms with E-state index in [2.05, 4.69) is 15.5 Å². The van der Waals surface area contributed by atoms with Gasteiger partial charge in [-0.05, 0) is 37.0 Å². The van der Waals surface area contributed by atoms with Crippen LogP contribution in [0.3, 0.4) is 0 Å². The Hall–Kier alpha value is -2.14. The average molecular weight is 285 g/mol. The van der Waals surface area contributed by atoms with Crippen LogP contribution in [0.2, 0.25) is 0 Å². The number of H-pyrrole nitrogens is 1. The molecule has 0 aliphatic carbocycles. The predicted octanol–water partition coefficient (Wildman–Crippen LogP) is 2.26. The van der Waals surface area contributed by atoms with Gasteiger partial charge in [0.25, 0.3) is 0 Å². The molecule has 110 valence electrons. The second-order valence-corrected chi connectivity index (χ2v) is 5.40. The SMILES string of the molecule is CC1CCC(C(=O)NCc2ccc(-c3ccn[nH]3)cc2)O1. The van der Waals surface area contributed by atoms with Crippen LogP contribution in [0.5, 0.6) is 0 Å². The minimum atomic E-state index is -0.288. The van der Waals surface area contributed by atoms with Crippen LogP contribution in [0.15, 0.2) is 36.5 Å². The molecule has 5 heteroatoms. The fraction of sp³-hybridized carbons (Fsp3) is 0.375. The number of amides is 1. The highest BCUT2D eigenvalue weighted by Crippen LogP contribution is 2.19. The molecular weight excluding hydrogens is 266 g/mol. The van der Waals surface area contributed by atoms with E-state index in [0.29, 0.717) is 6.54 Å². The van der Waals surface area contributed by atoms with Gasteiger partial charge in [0, 0.05) is 12.7 Å². The van der Waals surface area contributed by atoms with Crippen molar-refractivity contribution in [1.29, 1.82) is 0 Å². The number of aromatic nitrogens is 2. The van der Waals surface area contributed by atoms with Gasteiger partial charge in [-0.2, -0.15) is 5.10 Å². The molecule has 2 aromatic rings. The summed E-state index contributed by atoms with van der Waals surface area (Å²) in [7, 11) is 0. The summed E-state index contributed by atoms with van der Waals surface area (Å²) in [6.07, 6.45) is 3.40. The standard InChI is InChI=1S/C16H19N3O2/c1-11-2-7-15(21-11)16(20)17-10-12-3-5-13(6-4-12)14-8-9-18-19-14/h3-6,8-9,11,15H,2,7,10H2,1H3,(H,17,20)(H,18,19). The zero-order chi connectivity index (χ0) is 14.7. The fourth-order valence-electron chi connectivity index (χ4n) is 2.52. The summed E-state index contributed by atoms with van der Waals surface area (Å²) in [4.78, 5) is 12.0. The minimum absolute atomic E-state index is 0.0167. The van der Waals surface area contributed by atoms with Gasteiger partial charge < -0.3 is 10.1 Å². The Morgan fingerprint density at radius 3 is 2.76 bits per heavy atom. The van der Waals surface area contributed by atoms with Gasteiger partial charge in [0.1, 0.15) is 6.10 Å². The number of hydrogen-bond acceptors (Lipinski definition) is 3. The minimum Gasteiger partial charge on any atom is -0.365 e. The van der Waals surface area contributed by atoms with E-state index in [0.717, 1.165) is 29.7 Å². The second-order valence-electron chi connectivity index (χ2n) is 5.40. The normalized spacial score (nSPS) is 21.4. The number of benzene rings is 1. The van der Waals surface area contributed by atoms with E-state index >= 15 is 0 Å². The van der Waals surface area contributed by atoms with Crippen LogP contribution >= 0.6 is 0 Å². The van der Waals surface area contributed by atoms with Crippen LogP contribution in [0.4, 0.5) is 0 Å². The Labute approximate surface area is 123 Å². The van der Waals surface area contributed by atoms with E-state index in [-0.39, 0.29) is 18.1 Å². The molecular formula is C16H19N3O2. The lowest BCUT2D eigenvalue weighted by atomic mass is 10.1. The van der Waals surface area contributed by atoms with Crippen molar-refractivity contribution in [2.75, 3.05) is 0 Å². The summed E-state index contributed by atoms with van der Waals surface area (Å²) in [5, 5.41) is 9.79. The fourth-order valence-corrected chi connectivity index (χ4v) is 2.52. The number of rotatable bonds is 4. The van der Waals surface area contributed by atoms with Crippen LogP contribution in [-0.2, 0) is 16.1 Å². The average Bonchev–Trinajstić information content (AvgIpc) is 3.16. The maximum absolute atomic E-state index is 12.0. The lowest BCUT2D eigenvalue weighted by molar-refractivity contribution is -0.131. The van der Waals surface area contributed by atoms with E-state index in [1.54, 1.807) is 6.20 Å². The molecule has 1 aliphatic rings. The molecule has 1 fully saturated rings. The van der Waals surface area contributed by atoms with Gasteiger partial charge in [-0.15, -0.1) is 0 Å². The van der Waals surface area contributed by atoms with Crippen molar-refractivity contribution in [2.45, 2.75) is 38.5 Å². The molecule has 1 aliphatic heterocycles. The molecule has 0 radical (unpaired) electrons. The first kappa shape index (κ1) is 13.8. The molecule has 0 bridgehead atoms. The third-order valence-electron chi connectivity index (χ3n) is 3.76. The highest BCUT2D eigenvalue weighted by molar-refractivity contribution is 5.81. The molecule has 21 heavy (non-hydrogen) atoms. The Balaban J connectivity index is 1.55. The van der Waals surface area contributed by atoms with Gasteiger partial charge >= 0.3 is 0 Å². The van der Waals surface area contributed by atoms with Crippen LogP contribution < -0.4 is 5.32 Å². The lowest BCUT2D eigenvalue weighted by Crippen LogP contribution is -2.34. The van der Waals surface area contributed by atoms with Crippen LogP contribution in [-0.4, -0.2) is 28.3 Å². The molecule has 2 unspecified atom stereocenters. The van der Waals surface area contributed by atoms with E-state index in [1.807, 2.05) is 37.3 Å². The van der Waals surface area contributed by atoms with Gasteiger partial charge in [-0.1, -0.05) is 24.3 Å². The largest absolute Gasteiger partial charge is 0.365 e. The van der Waals surface area contributed by atoms with Crippen molar-refractivity contribution in [1.82, 2.24) is 15.5 Å². The number of nitrogens with zero attached hydrogens (tertiary/aromatic N) is 1.